The van der Waals surface area contributed by atoms with Crippen molar-refractivity contribution in [1.82, 2.24) is 5.16 Å². The molecular formula is C13H22N2O3S. The molecule has 19 heavy (non-hydrogen) atoms. The van der Waals surface area contributed by atoms with Gasteiger partial charge in [0, 0.05) is 11.8 Å². The largest absolute Gasteiger partial charge is 0.375 e. The van der Waals surface area contributed by atoms with Crippen molar-refractivity contribution in [3.8, 4) is 0 Å². The van der Waals surface area contributed by atoms with E-state index in [1.807, 2.05) is 27.7 Å². The fourth-order valence-corrected chi connectivity index (χ4v) is 2.04. The Bertz CT molecular complexity index is 412. The highest BCUT2D eigenvalue weighted by Crippen LogP contribution is 2.16. The molecule has 1 aromatic heterocycles. The van der Waals surface area contributed by atoms with Gasteiger partial charge < -0.3 is 9.26 Å². The molecule has 1 N–H and O–H groups in total. The molecule has 0 bridgehead atoms. The Hall–Kier alpha value is -1.01. The number of aryl methyl sites for hydroxylation is 1. The lowest BCUT2D eigenvalue weighted by atomic mass is 10.2. The maximum Gasteiger partial charge on any atom is 0.239 e. The topological polar surface area (TPSA) is 64.4 Å². The Morgan fingerprint density at radius 1 is 1.58 bits per heavy atom. The van der Waals surface area contributed by atoms with E-state index in [1.54, 1.807) is 24.8 Å². The van der Waals surface area contributed by atoms with Gasteiger partial charge in [0.1, 0.15) is 0 Å². The number of rotatable bonds is 6. The Labute approximate surface area is 118 Å². The molecule has 1 rings (SSSR count). The van der Waals surface area contributed by atoms with Crippen LogP contribution in [0.3, 0.4) is 0 Å². The van der Waals surface area contributed by atoms with E-state index >= 15 is 0 Å². The number of thioether (sulfide) groups is 1. The van der Waals surface area contributed by atoms with Gasteiger partial charge >= 0.3 is 0 Å². The molecule has 0 aliphatic rings. The number of carbonyl (C=O) groups excluding carboxylic acids is 1. The molecule has 108 valence electrons. The van der Waals surface area contributed by atoms with Crippen molar-refractivity contribution in [2.45, 2.75) is 45.5 Å². The number of carbonyl (C=O) groups is 1. The molecule has 0 aliphatic carbocycles. The molecule has 0 unspecified atom stereocenters. The van der Waals surface area contributed by atoms with Gasteiger partial charge in [-0.3, -0.25) is 10.1 Å². The Balaban J connectivity index is 2.25. The van der Waals surface area contributed by atoms with Crippen molar-refractivity contribution in [2.24, 2.45) is 0 Å². The summed E-state index contributed by atoms with van der Waals surface area (Å²) in [4.78, 5) is 11.9. The van der Waals surface area contributed by atoms with E-state index in [-0.39, 0.29) is 16.8 Å². The number of aromatic nitrogens is 1. The standard InChI is InChI=1S/C13H22N2O3S/c1-9-8-11(18-15-9)14-12(16)10(2)19-7-6-17-13(3,4)5/h8,10H,6-7H2,1-5H3,(H,14,16)/t10-/m1/s1. The zero-order valence-corrected chi connectivity index (χ0v) is 13.0. The summed E-state index contributed by atoms with van der Waals surface area (Å²) >= 11 is 1.55. The first-order valence-corrected chi connectivity index (χ1v) is 7.32. The van der Waals surface area contributed by atoms with Crippen LogP contribution in [0, 0.1) is 6.92 Å². The number of hydrogen-bond acceptors (Lipinski definition) is 5. The van der Waals surface area contributed by atoms with Crippen LogP contribution in [0.1, 0.15) is 33.4 Å². The first kappa shape index (κ1) is 16.0. The molecule has 5 nitrogen and oxygen atoms in total. The number of nitrogens with one attached hydrogen (secondary N) is 1. The molecule has 1 amide bonds. The van der Waals surface area contributed by atoms with E-state index in [2.05, 4.69) is 10.5 Å². The third-order valence-electron chi connectivity index (χ3n) is 2.23. The second-order valence-corrected chi connectivity index (χ2v) is 6.74. The van der Waals surface area contributed by atoms with E-state index in [4.69, 9.17) is 9.26 Å². The summed E-state index contributed by atoms with van der Waals surface area (Å²) in [6.45, 7) is 10.3. The molecule has 0 saturated carbocycles. The SMILES string of the molecule is Cc1cc(NC(=O)[C@@H](C)SCCOC(C)(C)C)on1. The summed E-state index contributed by atoms with van der Waals surface area (Å²) < 4.78 is 10.5. The third kappa shape index (κ3) is 6.63. The highest BCUT2D eigenvalue weighted by atomic mass is 32.2. The van der Waals surface area contributed by atoms with Crippen molar-refractivity contribution in [2.75, 3.05) is 17.7 Å². The van der Waals surface area contributed by atoms with Gasteiger partial charge in [0.25, 0.3) is 0 Å². The van der Waals surface area contributed by atoms with Gasteiger partial charge in [-0.1, -0.05) is 5.16 Å². The fraction of sp³-hybridized carbons (Fsp3) is 0.692. The van der Waals surface area contributed by atoms with Gasteiger partial charge in [-0.25, -0.2) is 0 Å². The second kappa shape index (κ2) is 6.96. The predicted octanol–water partition coefficient (Wildman–Crippen LogP) is 2.86. The summed E-state index contributed by atoms with van der Waals surface area (Å²) in [5, 5.41) is 6.25. The molecule has 0 aromatic carbocycles. The summed E-state index contributed by atoms with van der Waals surface area (Å²) in [6.07, 6.45) is 0. The van der Waals surface area contributed by atoms with Crippen molar-refractivity contribution in [3.63, 3.8) is 0 Å². The van der Waals surface area contributed by atoms with Gasteiger partial charge in [0.2, 0.25) is 11.8 Å². The molecule has 0 aliphatic heterocycles. The lowest BCUT2D eigenvalue weighted by molar-refractivity contribution is -0.115. The van der Waals surface area contributed by atoms with Crippen LogP contribution in [0.15, 0.2) is 10.6 Å². The normalized spacial score (nSPS) is 13.3. The fourth-order valence-electron chi connectivity index (χ4n) is 1.29. The molecule has 0 fully saturated rings. The van der Waals surface area contributed by atoms with Crippen LogP contribution in [0.5, 0.6) is 0 Å². The third-order valence-corrected chi connectivity index (χ3v) is 3.35. The van der Waals surface area contributed by atoms with Gasteiger partial charge in [-0.2, -0.15) is 0 Å². The van der Waals surface area contributed by atoms with Gasteiger partial charge in [-0.15, -0.1) is 11.8 Å². The van der Waals surface area contributed by atoms with Crippen LogP contribution in [0.2, 0.25) is 0 Å². The van der Waals surface area contributed by atoms with E-state index < -0.39 is 0 Å². The molecule has 1 atom stereocenters. The lowest BCUT2D eigenvalue weighted by Gasteiger charge is -2.19. The van der Waals surface area contributed by atoms with Crippen LogP contribution in [-0.4, -0.2) is 34.3 Å². The van der Waals surface area contributed by atoms with Crippen LogP contribution < -0.4 is 5.32 Å². The van der Waals surface area contributed by atoms with Gasteiger partial charge in [0.15, 0.2) is 0 Å². The first-order valence-electron chi connectivity index (χ1n) is 6.27. The van der Waals surface area contributed by atoms with Crippen molar-refractivity contribution in [1.29, 1.82) is 0 Å². The summed E-state index contributed by atoms with van der Waals surface area (Å²) in [6, 6.07) is 1.69. The minimum atomic E-state index is -0.158. The zero-order valence-electron chi connectivity index (χ0n) is 12.1. The minimum absolute atomic E-state index is 0.0862. The van der Waals surface area contributed by atoms with Crippen LogP contribution in [0.4, 0.5) is 5.88 Å². The summed E-state index contributed by atoms with van der Waals surface area (Å²) in [7, 11) is 0. The summed E-state index contributed by atoms with van der Waals surface area (Å²) in [5.74, 6) is 1.08. The van der Waals surface area contributed by atoms with Gasteiger partial charge in [-0.05, 0) is 34.6 Å². The monoisotopic (exact) mass is 286 g/mol. The molecule has 1 heterocycles. The maximum absolute atomic E-state index is 11.9. The van der Waals surface area contributed by atoms with E-state index in [0.29, 0.717) is 12.5 Å². The predicted molar refractivity (Wildman–Crippen MR) is 77.5 cm³/mol. The Kier molecular flexibility index (Phi) is 5.87. The number of hydrogen-bond donors (Lipinski definition) is 1. The van der Waals surface area contributed by atoms with Gasteiger partial charge in [0.05, 0.1) is 23.2 Å². The molecular weight excluding hydrogens is 264 g/mol. The van der Waals surface area contributed by atoms with Crippen molar-refractivity contribution >= 4 is 23.6 Å². The highest BCUT2D eigenvalue weighted by molar-refractivity contribution is 8.00. The quantitative estimate of drug-likeness (QED) is 0.815. The van der Waals surface area contributed by atoms with Crippen LogP contribution >= 0.6 is 11.8 Å². The molecule has 1 aromatic rings. The zero-order chi connectivity index (χ0) is 14.5. The molecule has 0 radical (unpaired) electrons. The van der Waals surface area contributed by atoms with Crippen molar-refractivity contribution < 1.29 is 14.1 Å². The average Bonchev–Trinajstić information content (AvgIpc) is 2.68. The number of anilines is 1. The number of amides is 1. The second-order valence-electron chi connectivity index (χ2n) is 5.30. The number of nitrogens with zero attached hydrogens (tertiary/aromatic N) is 1. The molecule has 0 spiro atoms. The molecule has 0 saturated heterocycles. The van der Waals surface area contributed by atoms with Crippen molar-refractivity contribution in [3.05, 3.63) is 11.8 Å². The van der Waals surface area contributed by atoms with Crippen LogP contribution in [0.25, 0.3) is 0 Å². The lowest BCUT2D eigenvalue weighted by Crippen LogP contribution is -2.24. The maximum atomic E-state index is 11.9. The Morgan fingerprint density at radius 3 is 2.79 bits per heavy atom. The highest BCUT2D eigenvalue weighted by Gasteiger charge is 2.16. The molecule has 6 heteroatoms. The average molecular weight is 286 g/mol. The minimum Gasteiger partial charge on any atom is -0.375 e. The summed E-state index contributed by atoms with van der Waals surface area (Å²) in [5.41, 5.74) is 0.609. The van der Waals surface area contributed by atoms with E-state index in [0.717, 1.165) is 11.4 Å². The van der Waals surface area contributed by atoms with Crippen LogP contribution in [-0.2, 0) is 9.53 Å². The number of ether oxygens (including phenoxy) is 1. The first-order chi connectivity index (χ1) is 8.78. The Morgan fingerprint density at radius 2 is 2.26 bits per heavy atom. The van der Waals surface area contributed by atoms with E-state index in [1.165, 1.54) is 0 Å². The van der Waals surface area contributed by atoms with E-state index in [9.17, 15) is 4.79 Å². The smallest absolute Gasteiger partial charge is 0.239 e.